The van der Waals surface area contributed by atoms with E-state index >= 15 is 0 Å². The van der Waals surface area contributed by atoms with Gasteiger partial charge in [0.1, 0.15) is 5.82 Å². The summed E-state index contributed by atoms with van der Waals surface area (Å²) in [6, 6.07) is 4.45. The number of anilines is 1. The molecule has 1 unspecified atom stereocenters. The number of para-hydroxylation sites is 1. The lowest BCUT2D eigenvalue weighted by Gasteiger charge is -2.25. The number of hydrogen-bond donors (Lipinski definition) is 2. The highest BCUT2D eigenvalue weighted by Crippen LogP contribution is 2.29. The van der Waals surface area contributed by atoms with Crippen LogP contribution in [0.25, 0.3) is 0 Å². The van der Waals surface area contributed by atoms with Crippen molar-refractivity contribution in [3.63, 3.8) is 0 Å². The lowest BCUT2D eigenvalue weighted by molar-refractivity contribution is -0.116. The van der Waals surface area contributed by atoms with Crippen molar-refractivity contribution >= 4 is 11.6 Å². The fourth-order valence-corrected chi connectivity index (χ4v) is 1.74. The number of hydrogen-bond acceptors (Lipinski definition) is 3. The first kappa shape index (κ1) is 13.4. The van der Waals surface area contributed by atoms with E-state index in [0.717, 1.165) is 0 Å². The molecule has 0 saturated carbocycles. The van der Waals surface area contributed by atoms with Crippen LogP contribution in [-0.2, 0) is 4.79 Å². The zero-order chi connectivity index (χ0) is 13.0. The summed E-state index contributed by atoms with van der Waals surface area (Å²) in [5.41, 5.74) is 5.81. The average molecular weight is 240 g/mol. The Morgan fingerprint density at radius 2 is 2.24 bits per heavy atom. The zero-order valence-electron chi connectivity index (χ0n) is 9.98. The van der Waals surface area contributed by atoms with Crippen molar-refractivity contribution in [3.8, 4) is 0 Å². The molecule has 1 atom stereocenters. The number of aliphatic hydroxyl groups is 1. The molecule has 1 amide bonds. The normalized spacial score (nSPS) is 12.2. The van der Waals surface area contributed by atoms with Gasteiger partial charge in [0.15, 0.2) is 0 Å². The largest absolute Gasteiger partial charge is 0.389 e. The molecule has 0 aliphatic heterocycles. The summed E-state index contributed by atoms with van der Waals surface area (Å²) in [6.07, 6.45) is -0.803. The third kappa shape index (κ3) is 3.17. The Bertz CT molecular complexity index is 407. The van der Waals surface area contributed by atoms with E-state index in [0.29, 0.717) is 12.1 Å². The SMILES string of the molecule is CCN(CC(N)=O)c1c(F)cccc1C(C)O. The Morgan fingerprint density at radius 3 is 2.71 bits per heavy atom. The number of rotatable bonds is 5. The minimum atomic E-state index is -0.803. The number of amides is 1. The molecule has 0 aliphatic carbocycles. The van der Waals surface area contributed by atoms with Crippen molar-refractivity contribution in [3.05, 3.63) is 29.6 Å². The number of nitrogens with zero attached hydrogens (tertiary/aromatic N) is 1. The molecule has 17 heavy (non-hydrogen) atoms. The van der Waals surface area contributed by atoms with Crippen LogP contribution < -0.4 is 10.6 Å². The third-order valence-corrected chi connectivity index (χ3v) is 2.51. The van der Waals surface area contributed by atoms with Crippen molar-refractivity contribution < 1.29 is 14.3 Å². The van der Waals surface area contributed by atoms with Crippen LogP contribution in [0.4, 0.5) is 10.1 Å². The van der Waals surface area contributed by atoms with E-state index < -0.39 is 17.8 Å². The predicted octanol–water partition coefficient (Wildman–Crippen LogP) is 1.19. The van der Waals surface area contributed by atoms with Crippen LogP contribution >= 0.6 is 0 Å². The first-order valence-corrected chi connectivity index (χ1v) is 5.47. The van der Waals surface area contributed by atoms with Crippen LogP contribution in [0, 0.1) is 5.82 Å². The molecule has 94 valence electrons. The molecule has 0 bridgehead atoms. The van der Waals surface area contributed by atoms with Crippen molar-refractivity contribution in [1.29, 1.82) is 0 Å². The molecule has 0 radical (unpaired) electrons. The number of nitrogens with two attached hydrogens (primary N) is 1. The minimum Gasteiger partial charge on any atom is -0.389 e. The Morgan fingerprint density at radius 1 is 1.59 bits per heavy atom. The van der Waals surface area contributed by atoms with E-state index in [4.69, 9.17) is 5.73 Å². The summed E-state index contributed by atoms with van der Waals surface area (Å²) >= 11 is 0. The molecule has 4 nitrogen and oxygen atoms in total. The first-order valence-electron chi connectivity index (χ1n) is 5.47. The number of aliphatic hydroxyl groups excluding tert-OH is 1. The Balaban J connectivity index is 3.20. The number of halogens is 1. The number of carbonyl (C=O) groups excluding carboxylic acids is 1. The molecule has 0 aliphatic rings. The van der Waals surface area contributed by atoms with Crippen LogP contribution in [0.3, 0.4) is 0 Å². The van der Waals surface area contributed by atoms with Gasteiger partial charge in [-0.1, -0.05) is 12.1 Å². The lowest BCUT2D eigenvalue weighted by atomic mass is 10.1. The van der Waals surface area contributed by atoms with Gasteiger partial charge in [0.05, 0.1) is 18.3 Å². The highest BCUT2D eigenvalue weighted by Gasteiger charge is 2.18. The maximum absolute atomic E-state index is 13.8. The summed E-state index contributed by atoms with van der Waals surface area (Å²) in [6.45, 7) is 3.71. The maximum Gasteiger partial charge on any atom is 0.236 e. The molecular formula is C12H17FN2O2. The van der Waals surface area contributed by atoms with Gasteiger partial charge in [-0.3, -0.25) is 4.79 Å². The first-order chi connectivity index (χ1) is 7.97. The fraction of sp³-hybridized carbons (Fsp3) is 0.417. The molecule has 0 aromatic heterocycles. The molecule has 1 aromatic rings. The third-order valence-electron chi connectivity index (χ3n) is 2.51. The van der Waals surface area contributed by atoms with Gasteiger partial charge in [-0.05, 0) is 19.9 Å². The van der Waals surface area contributed by atoms with Crippen LogP contribution in [-0.4, -0.2) is 24.1 Å². The zero-order valence-corrected chi connectivity index (χ0v) is 9.98. The summed E-state index contributed by atoms with van der Waals surface area (Å²) in [7, 11) is 0. The van der Waals surface area contributed by atoms with E-state index in [1.165, 1.54) is 17.0 Å². The van der Waals surface area contributed by atoms with E-state index in [2.05, 4.69) is 0 Å². The van der Waals surface area contributed by atoms with Crippen LogP contribution in [0.15, 0.2) is 18.2 Å². The lowest BCUT2D eigenvalue weighted by Crippen LogP contribution is -2.35. The van der Waals surface area contributed by atoms with Gasteiger partial charge in [0, 0.05) is 12.1 Å². The number of carbonyl (C=O) groups is 1. The second-order valence-electron chi connectivity index (χ2n) is 3.83. The van der Waals surface area contributed by atoms with Crippen molar-refractivity contribution in [2.45, 2.75) is 20.0 Å². The number of benzene rings is 1. The summed E-state index contributed by atoms with van der Waals surface area (Å²) in [5, 5.41) is 9.60. The van der Waals surface area contributed by atoms with Crippen LogP contribution in [0.2, 0.25) is 0 Å². The number of likely N-dealkylation sites (N-methyl/N-ethyl adjacent to an activating group) is 1. The predicted molar refractivity (Wildman–Crippen MR) is 64.1 cm³/mol. The second-order valence-corrected chi connectivity index (χ2v) is 3.83. The van der Waals surface area contributed by atoms with Crippen molar-refractivity contribution in [1.82, 2.24) is 0 Å². The fourth-order valence-electron chi connectivity index (χ4n) is 1.74. The molecule has 0 spiro atoms. The quantitative estimate of drug-likeness (QED) is 0.812. The van der Waals surface area contributed by atoms with Gasteiger partial charge >= 0.3 is 0 Å². The molecule has 1 rings (SSSR count). The second kappa shape index (κ2) is 5.63. The molecular weight excluding hydrogens is 223 g/mol. The number of primary amides is 1. The standard InChI is InChI=1S/C12H17FN2O2/c1-3-15(7-11(14)17)12-9(8(2)16)5-4-6-10(12)13/h4-6,8,16H,3,7H2,1-2H3,(H2,14,17). The van der Waals surface area contributed by atoms with Gasteiger partial charge in [-0.25, -0.2) is 4.39 Å². The Kier molecular flexibility index (Phi) is 4.45. The summed E-state index contributed by atoms with van der Waals surface area (Å²) in [5.74, 6) is -1.00. The monoisotopic (exact) mass is 240 g/mol. The molecule has 5 heteroatoms. The van der Waals surface area contributed by atoms with Gasteiger partial charge in [0.2, 0.25) is 5.91 Å². The van der Waals surface area contributed by atoms with Crippen molar-refractivity contribution in [2.75, 3.05) is 18.0 Å². The molecule has 3 N–H and O–H groups in total. The topological polar surface area (TPSA) is 66.6 Å². The van der Waals surface area contributed by atoms with Gasteiger partial charge in [-0.15, -0.1) is 0 Å². The molecule has 0 heterocycles. The molecule has 0 saturated heterocycles. The summed E-state index contributed by atoms with van der Waals surface area (Å²) in [4.78, 5) is 12.4. The minimum absolute atomic E-state index is 0.0723. The highest BCUT2D eigenvalue weighted by atomic mass is 19.1. The van der Waals surface area contributed by atoms with Gasteiger partial charge < -0.3 is 15.7 Å². The maximum atomic E-state index is 13.8. The van der Waals surface area contributed by atoms with E-state index in [1.54, 1.807) is 19.9 Å². The smallest absolute Gasteiger partial charge is 0.236 e. The summed E-state index contributed by atoms with van der Waals surface area (Å²) < 4.78 is 13.8. The Labute approximate surface area is 99.8 Å². The molecule has 1 aromatic carbocycles. The van der Waals surface area contributed by atoms with Crippen molar-refractivity contribution in [2.24, 2.45) is 5.73 Å². The average Bonchev–Trinajstić information content (AvgIpc) is 2.25. The molecule has 0 fully saturated rings. The van der Waals surface area contributed by atoms with Crippen LogP contribution in [0.1, 0.15) is 25.5 Å². The highest BCUT2D eigenvalue weighted by molar-refractivity contribution is 5.80. The van der Waals surface area contributed by atoms with E-state index in [-0.39, 0.29) is 12.2 Å². The Hall–Kier alpha value is -1.62. The van der Waals surface area contributed by atoms with Gasteiger partial charge in [0.25, 0.3) is 0 Å². The van der Waals surface area contributed by atoms with E-state index in [9.17, 15) is 14.3 Å². The van der Waals surface area contributed by atoms with Crippen LogP contribution in [0.5, 0.6) is 0 Å². The van der Waals surface area contributed by atoms with E-state index in [1.807, 2.05) is 0 Å². The van der Waals surface area contributed by atoms with Gasteiger partial charge in [-0.2, -0.15) is 0 Å².